The number of nitrogens with zero attached hydrogens (tertiary/aromatic N) is 5. The molecular weight excluding hydrogens is 400 g/mol. The molecule has 3 rings (SSSR count). The number of carbonyl (C=O) groups excluding carboxylic acids is 1. The highest BCUT2D eigenvalue weighted by Crippen LogP contribution is 2.18. The Morgan fingerprint density at radius 2 is 1.86 bits per heavy atom. The van der Waals surface area contributed by atoms with Crippen LogP contribution in [0.3, 0.4) is 0 Å². The molecule has 0 spiro atoms. The fourth-order valence-electron chi connectivity index (χ4n) is 2.52. The van der Waals surface area contributed by atoms with Gasteiger partial charge in [-0.3, -0.25) is 9.35 Å². The zero-order valence-electron chi connectivity index (χ0n) is 15.3. The Bertz CT molecular complexity index is 1170. The van der Waals surface area contributed by atoms with Crippen molar-refractivity contribution in [1.82, 2.24) is 25.3 Å². The van der Waals surface area contributed by atoms with Crippen LogP contribution in [0, 0.1) is 0 Å². The summed E-state index contributed by atoms with van der Waals surface area (Å²) in [7, 11) is -2.46. The average Bonchev–Trinajstić information content (AvgIpc) is 2.66. The molecule has 2 heterocycles. The van der Waals surface area contributed by atoms with Crippen LogP contribution in [0.2, 0.25) is 0 Å². The van der Waals surface area contributed by atoms with Gasteiger partial charge in [0.25, 0.3) is 16.0 Å². The third kappa shape index (κ3) is 5.03. The van der Waals surface area contributed by atoms with Crippen molar-refractivity contribution in [3.63, 3.8) is 0 Å². The number of nitrogen functional groups attached to an aromatic ring is 2. The zero-order valence-corrected chi connectivity index (χ0v) is 16.1. The van der Waals surface area contributed by atoms with Crippen LogP contribution in [0.25, 0.3) is 11.2 Å². The van der Waals surface area contributed by atoms with Gasteiger partial charge in [0.05, 0.1) is 18.4 Å². The van der Waals surface area contributed by atoms with Gasteiger partial charge in [-0.15, -0.1) is 0 Å². The Morgan fingerprint density at radius 1 is 1.17 bits per heavy atom. The molecule has 1 amide bonds. The molecule has 0 aliphatic rings. The van der Waals surface area contributed by atoms with Crippen LogP contribution < -0.4 is 21.7 Å². The van der Waals surface area contributed by atoms with Gasteiger partial charge < -0.3 is 21.7 Å². The average molecular weight is 418 g/mol. The highest BCUT2D eigenvalue weighted by atomic mass is 32.2. The summed E-state index contributed by atoms with van der Waals surface area (Å²) in [6.07, 6.45) is 1.56. The van der Waals surface area contributed by atoms with Crippen molar-refractivity contribution in [2.75, 3.05) is 29.3 Å². The number of hydrogen-bond donors (Lipinski definition) is 4. The van der Waals surface area contributed by atoms with Crippen molar-refractivity contribution < 1.29 is 17.8 Å². The van der Waals surface area contributed by atoms with E-state index in [4.69, 9.17) is 16.0 Å². The fourth-order valence-corrected chi connectivity index (χ4v) is 2.83. The van der Waals surface area contributed by atoms with Crippen LogP contribution in [-0.4, -0.2) is 51.7 Å². The normalized spacial score (nSPS) is 11.4. The summed E-state index contributed by atoms with van der Waals surface area (Å²) in [5, 5.41) is 2.11. The number of nitrogens with one attached hydrogen (secondary N) is 1. The van der Waals surface area contributed by atoms with E-state index in [0.29, 0.717) is 23.4 Å². The molecule has 0 bridgehead atoms. The molecule has 0 fully saturated rings. The smallest absolute Gasteiger partial charge is 0.283 e. The van der Waals surface area contributed by atoms with E-state index in [1.54, 1.807) is 18.3 Å². The lowest BCUT2D eigenvalue weighted by Gasteiger charge is -2.19. The molecule has 3 aromatic rings. The summed E-state index contributed by atoms with van der Waals surface area (Å²) in [5.74, 6) is -1.31. The number of anilines is 3. The number of carbonyl (C=O) groups is 1. The summed E-state index contributed by atoms with van der Waals surface area (Å²) in [6, 6.07) is 6.45. The van der Waals surface area contributed by atoms with Crippen molar-refractivity contribution in [3.05, 3.63) is 41.7 Å². The largest absolute Gasteiger partial charge is 0.382 e. The van der Waals surface area contributed by atoms with Gasteiger partial charge in [0.15, 0.2) is 17.0 Å². The van der Waals surface area contributed by atoms with Gasteiger partial charge in [-0.05, 0) is 24.3 Å². The van der Waals surface area contributed by atoms with Crippen molar-refractivity contribution >= 4 is 44.6 Å². The third-order valence-electron chi connectivity index (χ3n) is 3.89. The first-order valence-corrected chi connectivity index (χ1v) is 9.82. The monoisotopic (exact) mass is 418 g/mol. The van der Waals surface area contributed by atoms with Crippen LogP contribution in [0.1, 0.15) is 16.1 Å². The highest BCUT2D eigenvalue weighted by molar-refractivity contribution is 7.85. The Labute approximate surface area is 165 Å². The molecule has 0 atom stereocenters. The minimum atomic E-state index is -4.28. The highest BCUT2D eigenvalue weighted by Gasteiger charge is 2.12. The predicted molar refractivity (Wildman–Crippen MR) is 106 cm³/mol. The quantitative estimate of drug-likeness (QED) is 0.387. The lowest BCUT2D eigenvalue weighted by molar-refractivity contribution is 0.0959. The summed E-state index contributed by atoms with van der Waals surface area (Å²) < 4.78 is 30.1. The second kappa shape index (κ2) is 7.81. The number of aromatic nitrogens is 4. The molecule has 13 heteroatoms. The molecular formula is C16H18N8O4S. The lowest BCUT2D eigenvalue weighted by Crippen LogP contribution is -2.29. The summed E-state index contributed by atoms with van der Waals surface area (Å²) >= 11 is 0. The van der Waals surface area contributed by atoms with Crippen molar-refractivity contribution in [3.8, 4) is 0 Å². The van der Waals surface area contributed by atoms with Gasteiger partial charge in [-0.2, -0.15) is 18.4 Å². The molecule has 0 aliphatic carbocycles. The van der Waals surface area contributed by atoms with Crippen LogP contribution in [0.5, 0.6) is 0 Å². The molecule has 12 nitrogen and oxygen atoms in total. The van der Waals surface area contributed by atoms with E-state index in [-0.39, 0.29) is 17.3 Å². The first kappa shape index (κ1) is 20.2. The van der Waals surface area contributed by atoms with E-state index in [1.807, 2.05) is 11.9 Å². The van der Waals surface area contributed by atoms with Gasteiger partial charge in [0, 0.05) is 18.3 Å². The Balaban J connectivity index is 1.71. The second-order valence-electron chi connectivity index (χ2n) is 6.14. The number of fused-ring (bicyclic) bond motifs is 1. The maximum absolute atomic E-state index is 11.9. The topological polar surface area (TPSA) is 190 Å². The van der Waals surface area contributed by atoms with Gasteiger partial charge in [-0.1, -0.05) is 0 Å². The Kier molecular flexibility index (Phi) is 5.43. The third-order valence-corrected chi connectivity index (χ3v) is 4.39. The van der Waals surface area contributed by atoms with Gasteiger partial charge in [0.1, 0.15) is 5.88 Å². The fraction of sp³-hybridized carbons (Fsp3) is 0.188. The number of rotatable bonds is 6. The first-order chi connectivity index (χ1) is 13.6. The number of nitrogens with two attached hydrogens (primary N) is 2. The maximum atomic E-state index is 11.9. The molecule has 0 saturated carbocycles. The van der Waals surface area contributed by atoms with Crippen molar-refractivity contribution in [1.29, 1.82) is 0 Å². The van der Waals surface area contributed by atoms with E-state index in [9.17, 15) is 13.2 Å². The number of amides is 1. The zero-order chi connectivity index (χ0) is 21.2. The summed E-state index contributed by atoms with van der Waals surface area (Å²) in [5.41, 5.74) is 13.7. The van der Waals surface area contributed by atoms with Gasteiger partial charge in [-0.25, -0.2) is 9.97 Å². The molecule has 0 radical (unpaired) electrons. The summed E-state index contributed by atoms with van der Waals surface area (Å²) in [6.45, 7) is 0.390. The van der Waals surface area contributed by atoms with E-state index in [0.717, 1.165) is 5.69 Å². The maximum Gasteiger partial charge on any atom is 0.283 e. The van der Waals surface area contributed by atoms with Gasteiger partial charge in [0.2, 0.25) is 5.95 Å². The van der Waals surface area contributed by atoms with Crippen LogP contribution in [-0.2, 0) is 16.7 Å². The first-order valence-electron chi connectivity index (χ1n) is 8.21. The van der Waals surface area contributed by atoms with E-state index >= 15 is 0 Å². The van der Waals surface area contributed by atoms with E-state index < -0.39 is 21.9 Å². The molecule has 0 saturated heterocycles. The minimum Gasteiger partial charge on any atom is -0.382 e. The molecule has 2 aromatic heterocycles. The van der Waals surface area contributed by atoms with Crippen molar-refractivity contribution in [2.24, 2.45) is 0 Å². The van der Waals surface area contributed by atoms with E-state index in [2.05, 4.69) is 25.3 Å². The number of benzene rings is 1. The molecule has 152 valence electrons. The Morgan fingerprint density at radius 3 is 2.52 bits per heavy atom. The van der Waals surface area contributed by atoms with Crippen molar-refractivity contribution in [2.45, 2.75) is 6.54 Å². The SMILES string of the molecule is CN(Cc1cnc2nc(N)nc(N)c2n1)c1ccc(C(=O)NCS(=O)(=O)O)cc1. The summed E-state index contributed by atoms with van der Waals surface area (Å²) in [4.78, 5) is 30.2. The minimum absolute atomic E-state index is 0.0230. The molecule has 29 heavy (non-hydrogen) atoms. The standard InChI is InChI=1S/C16H18N8O4S/c1-24(7-10-6-19-14-12(21-10)13(17)22-16(18)23-14)11-4-2-9(3-5-11)15(25)20-8-29(26,27)28/h2-6H,7-8H2,1H3,(H,20,25)(H,26,27,28)(H4,17,18,19,22,23). The van der Waals surface area contributed by atoms with Crippen LogP contribution in [0.4, 0.5) is 17.5 Å². The molecule has 6 N–H and O–H groups in total. The van der Waals surface area contributed by atoms with Crippen LogP contribution in [0.15, 0.2) is 30.5 Å². The number of hydrogen-bond acceptors (Lipinski definition) is 10. The second-order valence-corrected chi connectivity index (χ2v) is 7.59. The van der Waals surface area contributed by atoms with E-state index in [1.165, 1.54) is 12.1 Å². The molecule has 1 aromatic carbocycles. The molecule has 0 aliphatic heterocycles. The lowest BCUT2D eigenvalue weighted by atomic mass is 10.2. The van der Waals surface area contributed by atoms with Gasteiger partial charge >= 0.3 is 0 Å². The predicted octanol–water partition coefficient (Wildman–Crippen LogP) is -0.204. The molecule has 0 unspecified atom stereocenters. The van der Waals surface area contributed by atoms with Crippen LogP contribution >= 0.6 is 0 Å². The Hall–Kier alpha value is -3.58.